The highest BCUT2D eigenvalue weighted by atomic mass is 32.2. The van der Waals surface area contributed by atoms with Gasteiger partial charge in [0.05, 0.1) is 6.54 Å². The van der Waals surface area contributed by atoms with E-state index in [4.69, 9.17) is 11.6 Å². The highest BCUT2D eigenvalue weighted by Crippen LogP contribution is 2.05. The normalized spacial score (nSPS) is 11.3. The second-order valence-corrected chi connectivity index (χ2v) is 4.55. The third kappa shape index (κ3) is 3.72. The number of rotatable bonds is 4. The molecule has 15 heavy (non-hydrogen) atoms. The molecule has 0 saturated carbocycles. The number of benzene rings is 1. The van der Waals surface area contributed by atoms with Gasteiger partial charge < -0.3 is 0 Å². The first-order valence-corrected chi connectivity index (χ1v) is 5.79. The van der Waals surface area contributed by atoms with Gasteiger partial charge in [0.25, 0.3) is 10.2 Å². The second kappa shape index (κ2) is 4.94. The Balaban J connectivity index is 2.82. The maximum absolute atomic E-state index is 11.1. The van der Waals surface area contributed by atoms with Crippen LogP contribution in [0.5, 0.6) is 0 Å². The summed E-state index contributed by atoms with van der Waals surface area (Å²) in [5.41, 5.74) is 0.849. The molecule has 1 aromatic carbocycles. The fourth-order valence-corrected chi connectivity index (χ4v) is 1.71. The van der Waals surface area contributed by atoms with Crippen molar-refractivity contribution >= 4 is 10.2 Å². The lowest BCUT2D eigenvalue weighted by atomic mass is 10.2. The van der Waals surface area contributed by atoms with Gasteiger partial charge in [0.15, 0.2) is 0 Å². The maximum atomic E-state index is 11.1. The van der Waals surface area contributed by atoms with Gasteiger partial charge in [-0.25, -0.2) is 5.14 Å². The van der Waals surface area contributed by atoms with Gasteiger partial charge in [-0.15, -0.1) is 6.42 Å². The minimum Gasteiger partial charge on any atom is -0.216 e. The molecule has 0 aliphatic rings. The largest absolute Gasteiger partial charge is 0.278 e. The lowest BCUT2D eigenvalue weighted by Crippen LogP contribution is -2.36. The molecule has 0 amide bonds. The van der Waals surface area contributed by atoms with Crippen LogP contribution in [0.3, 0.4) is 0 Å². The van der Waals surface area contributed by atoms with E-state index in [0.717, 1.165) is 9.87 Å². The molecule has 0 saturated heterocycles. The van der Waals surface area contributed by atoms with E-state index in [0.29, 0.717) is 0 Å². The Morgan fingerprint density at radius 1 is 1.33 bits per heavy atom. The molecular weight excluding hydrogens is 212 g/mol. The van der Waals surface area contributed by atoms with Crippen LogP contribution in [0.2, 0.25) is 0 Å². The number of hydrogen-bond donors (Lipinski definition) is 1. The standard InChI is InChI=1S/C10H12N2O2S/c1-2-8-12(15(11,13)14)9-10-6-4-3-5-7-10/h1,3-7H,8-9H2,(H2,11,13,14). The number of nitrogens with zero attached hydrogens (tertiary/aromatic N) is 1. The molecular formula is C10H12N2O2S. The van der Waals surface area contributed by atoms with E-state index in [-0.39, 0.29) is 13.1 Å². The SMILES string of the molecule is C#CCN(Cc1ccccc1)S(N)(=O)=O. The van der Waals surface area contributed by atoms with Crippen LogP contribution in [-0.4, -0.2) is 19.3 Å². The molecule has 80 valence electrons. The molecule has 0 heterocycles. The van der Waals surface area contributed by atoms with E-state index >= 15 is 0 Å². The fraction of sp³-hybridized carbons (Fsp3) is 0.200. The molecule has 0 fully saturated rings. The first-order chi connectivity index (χ1) is 7.04. The van der Waals surface area contributed by atoms with Crippen molar-refractivity contribution in [2.45, 2.75) is 6.54 Å². The Hall–Kier alpha value is -1.35. The third-order valence-corrected chi connectivity index (χ3v) is 2.81. The second-order valence-electron chi connectivity index (χ2n) is 3.00. The smallest absolute Gasteiger partial charge is 0.216 e. The zero-order valence-corrected chi connectivity index (χ0v) is 8.94. The summed E-state index contributed by atoms with van der Waals surface area (Å²) in [6.45, 7) is 0.178. The summed E-state index contributed by atoms with van der Waals surface area (Å²) in [5, 5.41) is 5.02. The van der Waals surface area contributed by atoms with Crippen LogP contribution < -0.4 is 5.14 Å². The van der Waals surface area contributed by atoms with E-state index in [1.165, 1.54) is 0 Å². The van der Waals surface area contributed by atoms with Crippen molar-refractivity contribution in [3.8, 4) is 12.3 Å². The maximum Gasteiger partial charge on any atom is 0.278 e. The van der Waals surface area contributed by atoms with Crippen LogP contribution in [0, 0.1) is 12.3 Å². The lowest BCUT2D eigenvalue weighted by Gasteiger charge is -2.16. The van der Waals surface area contributed by atoms with Gasteiger partial charge in [-0.3, -0.25) is 0 Å². The molecule has 0 aliphatic heterocycles. The van der Waals surface area contributed by atoms with E-state index in [2.05, 4.69) is 5.92 Å². The van der Waals surface area contributed by atoms with E-state index in [1.807, 2.05) is 30.3 Å². The summed E-state index contributed by atoms with van der Waals surface area (Å²) in [5.74, 6) is 2.26. The average molecular weight is 224 g/mol. The van der Waals surface area contributed by atoms with Crippen LogP contribution in [0.15, 0.2) is 30.3 Å². The summed E-state index contributed by atoms with van der Waals surface area (Å²) < 4.78 is 23.3. The van der Waals surface area contributed by atoms with Gasteiger partial charge in [-0.1, -0.05) is 36.3 Å². The van der Waals surface area contributed by atoms with Crippen LogP contribution in [0.25, 0.3) is 0 Å². The van der Waals surface area contributed by atoms with Gasteiger partial charge in [-0.05, 0) is 5.56 Å². The van der Waals surface area contributed by atoms with Crippen molar-refractivity contribution in [3.63, 3.8) is 0 Å². The van der Waals surface area contributed by atoms with Crippen LogP contribution >= 0.6 is 0 Å². The zero-order chi connectivity index (χ0) is 11.3. The topological polar surface area (TPSA) is 63.4 Å². The average Bonchev–Trinajstić information content (AvgIpc) is 2.17. The summed E-state index contributed by atoms with van der Waals surface area (Å²) >= 11 is 0. The minimum absolute atomic E-state index is 0.0201. The predicted octanol–water partition coefficient (Wildman–Crippen LogP) is 0.325. The van der Waals surface area contributed by atoms with Gasteiger partial charge in [0, 0.05) is 6.54 Å². The number of terminal acetylenes is 1. The number of nitrogens with two attached hydrogens (primary N) is 1. The van der Waals surface area contributed by atoms with Crippen molar-refractivity contribution in [3.05, 3.63) is 35.9 Å². The van der Waals surface area contributed by atoms with Crippen LogP contribution in [0.1, 0.15) is 5.56 Å². The molecule has 0 aliphatic carbocycles. The van der Waals surface area contributed by atoms with E-state index in [9.17, 15) is 8.42 Å². The fourth-order valence-electron chi connectivity index (χ4n) is 1.12. The Labute approximate surface area is 89.9 Å². The quantitative estimate of drug-likeness (QED) is 0.749. The summed E-state index contributed by atoms with van der Waals surface area (Å²) in [6, 6.07) is 9.13. The molecule has 2 N–H and O–H groups in total. The van der Waals surface area contributed by atoms with Crippen molar-refractivity contribution in [1.82, 2.24) is 4.31 Å². The van der Waals surface area contributed by atoms with Gasteiger partial charge in [0.2, 0.25) is 0 Å². The predicted molar refractivity (Wildman–Crippen MR) is 58.8 cm³/mol. The van der Waals surface area contributed by atoms with Crippen molar-refractivity contribution in [1.29, 1.82) is 0 Å². The van der Waals surface area contributed by atoms with E-state index in [1.54, 1.807) is 0 Å². The Morgan fingerprint density at radius 2 is 1.93 bits per heavy atom. The summed E-state index contributed by atoms with van der Waals surface area (Å²) in [6.07, 6.45) is 5.07. The van der Waals surface area contributed by atoms with Crippen LogP contribution in [-0.2, 0) is 16.8 Å². The Bertz CT molecular complexity index is 448. The molecule has 0 radical (unpaired) electrons. The zero-order valence-electron chi connectivity index (χ0n) is 8.13. The monoisotopic (exact) mass is 224 g/mol. The first kappa shape index (κ1) is 11.7. The Morgan fingerprint density at radius 3 is 2.40 bits per heavy atom. The van der Waals surface area contributed by atoms with Gasteiger partial charge in [0.1, 0.15) is 0 Å². The molecule has 1 aromatic rings. The number of hydrogen-bond acceptors (Lipinski definition) is 2. The van der Waals surface area contributed by atoms with Crippen LogP contribution in [0.4, 0.5) is 0 Å². The lowest BCUT2D eigenvalue weighted by molar-refractivity contribution is 0.444. The molecule has 4 nitrogen and oxygen atoms in total. The summed E-state index contributed by atoms with van der Waals surface area (Å²) in [7, 11) is -3.73. The van der Waals surface area contributed by atoms with E-state index < -0.39 is 10.2 Å². The molecule has 0 aromatic heterocycles. The highest BCUT2D eigenvalue weighted by molar-refractivity contribution is 7.86. The molecule has 0 atom stereocenters. The molecule has 5 heteroatoms. The minimum atomic E-state index is -3.73. The summed E-state index contributed by atoms with van der Waals surface area (Å²) in [4.78, 5) is 0. The highest BCUT2D eigenvalue weighted by Gasteiger charge is 2.15. The third-order valence-electron chi connectivity index (χ3n) is 1.83. The first-order valence-electron chi connectivity index (χ1n) is 4.29. The van der Waals surface area contributed by atoms with Gasteiger partial charge >= 0.3 is 0 Å². The van der Waals surface area contributed by atoms with Crippen molar-refractivity contribution in [2.24, 2.45) is 5.14 Å². The molecule has 0 spiro atoms. The van der Waals surface area contributed by atoms with Crippen molar-refractivity contribution in [2.75, 3.05) is 6.54 Å². The Kier molecular flexibility index (Phi) is 3.86. The molecule has 1 rings (SSSR count). The molecule has 0 unspecified atom stereocenters. The van der Waals surface area contributed by atoms with Gasteiger partial charge in [-0.2, -0.15) is 12.7 Å². The van der Waals surface area contributed by atoms with Crippen molar-refractivity contribution < 1.29 is 8.42 Å². The molecule has 0 bridgehead atoms.